The van der Waals surface area contributed by atoms with Gasteiger partial charge in [0.1, 0.15) is 0 Å². The molecule has 0 saturated heterocycles. The largest absolute Gasteiger partial charge is 0.383 e. The summed E-state index contributed by atoms with van der Waals surface area (Å²) in [5.74, 6) is 0.298. The average Bonchev–Trinajstić information content (AvgIpc) is 2.96. The van der Waals surface area contributed by atoms with Crippen LogP contribution in [-0.4, -0.2) is 26.1 Å². The number of hydrogen-bond acceptors (Lipinski definition) is 3. The van der Waals surface area contributed by atoms with E-state index in [-0.39, 0.29) is 0 Å². The maximum absolute atomic E-state index is 7.67. The summed E-state index contributed by atoms with van der Waals surface area (Å²) in [6, 6.07) is 18.6. The number of nitrogens with one attached hydrogen (secondary N) is 5. The molecule has 1 heterocycles. The van der Waals surface area contributed by atoms with Gasteiger partial charge in [0.15, 0.2) is 5.96 Å². The van der Waals surface area contributed by atoms with Crippen LogP contribution in [0.3, 0.4) is 0 Å². The maximum atomic E-state index is 7.67. The van der Waals surface area contributed by atoms with Gasteiger partial charge in [-0.1, -0.05) is 47.5 Å². The highest BCUT2D eigenvalue weighted by atomic mass is 35.5. The highest BCUT2D eigenvalue weighted by molar-refractivity contribution is 6.42. The summed E-state index contributed by atoms with van der Waals surface area (Å²) in [5.41, 5.74) is 7.93. The summed E-state index contributed by atoms with van der Waals surface area (Å²) in [7, 11) is 1.72. The normalized spacial score (nSPS) is 12.1. The van der Waals surface area contributed by atoms with Gasteiger partial charge in [-0.25, -0.2) is 0 Å². The summed E-state index contributed by atoms with van der Waals surface area (Å²) < 4.78 is 0. The molecule has 3 aromatic rings. The van der Waals surface area contributed by atoms with Crippen LogP contribution in [-0.2, 0) is 12.8 Å². The Kier molecular flexibility index (Phi) is 6.54. The molecular formula is C24H25Cl2N5. The van der Waals surface area contributed by atoms with Crippen molar-refractivity contribution in [2.75, 3.05) is 30.8 Å². The third-order valence-corrected chi connectivity index (χ3v) is 6.16. The van der Waals surface area contributed by atoms with Crippen molar-refractivity contribution in [3.05, 3.63) is 75.8 Å². The van der Waals surface area contributed by atoms with Crippen molar-refractivity contribution >= 4 is 46.2 Å². The molecule has 1 aliphatic rings. The Bertz CT molecular complexity index is 1110. The Morgan fingerprint density at radius 2 is 1.74 bits per heavy atom. The Hall–Kier alpha value is -2.89. The summed E-state index contributed by atoms with van der Waals surface area (Å²) in [6.45, 7) is 1.28. The number of hydrogen-bond donors (Lipinski definition) is 5. The summed E-state index contributed by atoms with van der Waals surface area (Å²) in [4.78, 5) is 0. The predicted octanol–water partition coefficient (Wildman–Crippen LogP) is 5.66. The van der Waals surface area contributed by atoms with E-state index in [9.17, 15) is 0 Å². The molecule has 0 atom stereocenters. The van der Waals surface area contributed by atoms with Gasteiger partial charge in [0.25, 0.3) is 0 Å². The summed E-state index contributed by atoms with van der Waals surface area (Å²) >= 11 is 12.5. The topological polar surface area (TPSA) is 72.0 Å². The van der Waals surface area contributed by atoms with E-state index < -0.39 is 0 Å². The van der Waals surface area contributed by atoms with E-state index in [0.717, 1.165) is 41.0 Å². The Labute approximate surface area is 192 Å². The number of fused-ring (bicyclic) bond motifs is 2. The van der Waals surface area contributed by atoms with Crippen molar-refractivity contribution in [2.45, 2.75) is 12.8 Å². The second kappa shape index (κ2) is 9.50. The second-order valence-electron chi connectivity index (χ2n) is 7.44. The lowest BCUT2D eigenvalue weighted by Crippen LogP contribution is -2.36. The molecular weight excluding hydrogens is 429 g/mol. The van der Waals surface area contributed by atoms with Gasteiger partial charge in [0.05, 0.1) is 10.0 Å². The minimum absolute atomic E-state index is 0.298. The van der Waals surface area contributed by atoms with Gasteiger partial charge in [-0.15, -0.1) is 0 Å². The van der Waals surface area contributed by atoms with E-state index in [1.165, 1.54) is 11.1 Å². The van der Waals surface area contributed by atoms with E-state index >= 15 is 0 Å². The van der Waals surface area contributed by atoms with Crippen molar-refractivity contribution in [3.8, 4) is 11.1 Å². The van der Waals surface area contributed by atoms with Crippen LogP contribution in [0.15, 0.2) is 54.6 Å². The van der Waals surface area contributed by atoms with E-state index in [1.807, 2.05) is 18.2 Å². The van der Waals surface area contributed by atoms with Crippen molar-refractivity contribution in [1.29, 1.82) is 5.41 Å². The lowest BCUT2D eigenvalue weighted by atomic mass is 9.97. The van der Waals surface area contributed by atoms with Crippen molar-refractivity contribution < 1.29 is 0 Å². The van der Waals surface area contributed by atoms with Crippen molar-refractivity contribution in [3.63, 3.8) is 0 Å². The van der Waals surface area contributed by atoms with E-state index in [2.05, 4.69) is 57.7 Å². The molecule has 5 nitrogen and oxygen atoms in total. The molecule has 1 aliphatic heterocycles. The molecule has 0 spiro atoms. The number of aryl methyl sites for hydroxylation is 2. The highest BCUT2D eigenvalue weighted by Gasteiger charge is 2.17. The monoisotopic (exact) mass is 453 g/mol. The lowest BCUT2D eigenvalue weighted by Gasteiger charge is -2.18. The van der Waals surface area contributed by atoms with Gasteiger partial charge in [-0.05, 0) is 59.9 Å². The zero-order valence-corrected chi connectivity index (χ0v) is 18.8. The fourth-order valence-corrected chi connectivity index (χ4v) is 4.06. The summed E-state index contributed by atoms with van der Waals surface area (Å²) in [6.07, 6.45) is 1.94. The first-order valence-electron chi connectivity index (χ1n) is 10.3. The number of benzene rings is 3. The van der Waals surface area contributed by atoms with Crippen LogP contribution in [0.5, 0.6) is 0 Å². The molecule has 0 fully saturated rings. The lowest BCUT2D eigenvalue weighted by molar-refractivity contribution is 0.861. The molecule has 0 aromatic heterocycles. The molecule has 5 N–H and O–H groups in total. The first-order chi connectivity index (χ1) is 15.0. The van der Waals surface area contributed by atoms with Crippen LogP contribution < -0.4 is 21.3 Å². The van der Waals surface area contributed by atoms with Crippen LogP contribution in [0.4, 0.5) is 17.1 Å². The van der Waals surface area contributed by atoms with E-state index in [1.54, 1.807) is 7.05 Å². The number of halogens is 2. The minimum atomic E-state index is 0.298. The van der Waals surface area contributed by atoms with Crippen LogP contribution in [0.1, 0.15) is 11.1 Å². The zero-order valence-electron chi connectivity index (χ0n) is 17.3. The van der Waals surface area contributed by atoms with Crippen LogP contribution in [0.2, 0.25) is 10.0 Å². The van der Waals surface area contributed by atoms with Gasteiger partial charge in [-0.2, -0.15) is 0 Å². The Morgan fingerprint density at radius 3 is 2.55 bits per heavy atom. The molecule has 160 valence electrons. The van der Waals surface area contributed by atoms with Crippen molar-refractivity contribution in [1.82, 2.24) is 10.6 Å². The quantitative estimate of drug-likeness (QED) is 0.196. The van der Waals surface area contributed by atoms with Gasteiger partial charge in [0.2, 0.25) is 0 Å². The number of rotatable bonds is 5. The third-order valence-electron chi connectivity index (χ3n) is 5.42. The van der Waals surface area contributed by atoms with Crippen LogP contribution in [0.25, 0.3) is 11.1 Å². The summed E-state index contributed by atoms with van der Waals surface area (Å²) in [5, 5.41) is 21.7. The number of anilines is 3. The van der Waals surface area contributed by atoms with Crippen LogP contribution in [0, 0.1) is 5.41 Å². The first-order valence-corrected chi connectivity index (χ1v) is 11.0. The fourth-order valence-electron chi connectivity index (χ4n) is 3.76. The number of guanidine groups is 1. The Balaban J connectivity index is 1.69. The second-order valence-corrected chi connectivity index (χ2v) is 8.26. The number of para-hydroxylation sites is 1. The molecule has 0 bridgehead atoms. The van der Waals surface area contributed by atoms with E-state index in [4.69, 9.17) is 28.6 Å². The standard InChI is InChI=1S/C24H25Cl2N5/c1-28-24(27)30-11-10-29-23-14-22-17(7-6-15-4-2-3-5-21(15)31-22)12-18(23)16-8-9-19(25)20(26)13-16/h2-5,8-9,12-14,29,31H,6-7,10-11H2,1H3,(H3,27,28,30). The molecule has 0 radical (unpaired) electrons. The molecule has 7 heteroatoms. The van der Waals surface area contributed by atoms with Crippen LogP contribution >= 0.6 is 23.2 Å². The fraction of sp³-hybridized carbons (Fsp3) is 0.208. The van der Waals surface area contributed by atoms with Crippen molar-refractivity contribution in [2.24, 2.45) is 0 Å². The minimum Gasteiger partial charge on any atom is -0.383 e. The average molecular weight is 454 g/mol. The van der Waals surface area contributed by atoms with E-state index in [0.29, 0.717) is 29.1 Å². The molecule has 4 rings (SSSR count). The van der Waals surface area contributed by atoms with Gasteiger partial charge in [-0.3, -0.25) is 5.41 Å². The molecule has 0 unspecified atom stereocenters. The molecule has 0 aliphatic carbocycles. The molecule has 0 amide bonds. The van der Waals surface area contributed by atoms with Gasteiger partial charge >= 0.3 is 0 Å². The maximum Gasteiger partial charge on any atom is 0.188 e. The third kappa shape index (κ3) is 4.89. The highest BCUT2D eigenvalue weighted by Crippen LogP contribution is 2.39. The first kappa shape index (κ1) is 21.3. The van der Waals surface area contributed by atoms with Gasteiger partial charge < -0.3 is 21.3 Å². The Morgan fingerprint density at radius 1 is 0.935 bits per heavy atom. The molecule has 3 aromatic carbocycles. The van der Waals surface area contributed by atoms with Gasteiger partial charge in [0, 0.05) is 42.8 Å². The molecule has 0 saturated carbocycles. The smallest absolute Gasteiger partial charge is 0.188 e. The molecule has 31 heavy (non-hydrogen) atoms. The zero-order chi connectivity index (χ0) is 21.8. The SMILES string of the molecule is CNC(=N)NCCNc1cc2c(cc1-c1ccc(Cl)c(Cl)c1)CCc1ccccc1N2. The predicted molar refractivity (Wildman–Crippen MR) is 132 cm³/mol.